The molecular weight excluding hydrogens is 621 g/mol. The Hall–Kier alpha value is -4.90. The highest BCUT2D eigenvalue weighted by Gasteiger charge is 2.35. The monoisotopic (exact) mass is 661 g/mol. The van der Waals surface area contributed by atoms with E-state index < -0.39 is 34.3 Å². The van der Waals surface area contributed by atoms with E-state index in [1.54, 1.807) is 0 Å². The minimum atomic E-state index is -4.43. The van der Waals surface area contributed by atoms with Crippen molar-refractivity contribution in [3.63, 3.8) is 0 Å². The van der Waals surface area contributed by atoms with Crippen LogP contribution in [-0.4, -0.2) is 58.0 Å². The molecule has 4 aromatic rings. The molecule has 9 nitrogen and oxygen atoms in total. The molecule has 2 amide bonds. The van der Waals surface area contributed by atoms with Crippen molar-refractivity contribution in [2.45, 2.75) is 50.7 Å². The van der Waals surface area contributed by atoms with Crippen LogP contribution in [0.25, 0.3) is 0 Å². The molecule has 0 aliphatic rings. The maximum Gasteiger partial charge on any atom is 0.264 e. The first kappa shape index (κ1) is 35.0. The van der Waals surface area contributed by atoms with Crippen LogP contribution in [0, 0.1) is 12.7 Å². The van der Waals surface area contributed by atoms with Gasteiger partial charge in [-0.1, -0.05) is 54.6 Å². The summed E-state index contributed by atoms with van der Waals surface area (Å²) in [7, 11) is -1.62. The zero-order valence-electron chi connectivity index (χ0n) is 27.1. The molecule has 0 radical (unpaired) electrons. The van der Waals surface area contributed by atoms with E-state index in [2.05, 4.69) is 5.32 Å². The van der Waals surface area contributed by atoms with Gasteiger partial charge in [0.15, 0.2) is 11.5 Å². The first-order valence-corrected chi connectivity index (χ1v) is 16.6. The fourth-order valence-electron chi connectivity index (χ4n) is 5.15. The zero-order chi connectivity index (χ0) is 34.1. The second-order valence-electron chi connectivity index (χ2n) is 11.3. The van der Waals surface area contributed by atoms with Gasteiger partial charge in [0.2, 0.25) is 11.8 Å². The number of rotatable bonds is 14. The van der Waals surface area contributed by atoms with Gasteiger partial charge in [-0.3, -0.25) is 13.9 Å². The van der Waals surface area contributed by atoms with Crippen molar-refractivity contribution in [1.29, 1.82) is 0 Å². The van der Waals surface area contributed by atoms with E-state index in [9.17, 15) is 22.4 Å². The molecule has 0 spiro atoms. The minimum absolute atomic E-state index is 0.0438. The summed E-state index contributed by atoms with van der Waals surface area (Å²) in [6.07, 6.45) is 0.190. The Balaban J connectivity index is 1.83. The maximum absolute atomic E-state index is 14.6. The molecule has 4 aromatic carbocycles. The number of methoxy groups -OCH3 is 2. The van der Waals surface area contributed by atoms with Crippen LogP contribution in [0.15, 0.2) is 102 Å². The second kappa shape index (κ2) is 15.6. The zero-order valence-corrected chi connectivity index (χ0v) is 28.0. The fourth-order valence-corrected chi connectivity index (χ4v) is 6.58. The molecule has 0 saturated carbocycles. The third-order valence-electron chi connectivity index (χ3n) is 7.64. The van der Waals surface area contributed by atoms with Gasteiger partial charge >= 0.3 is 0 Å². The van der Waals surface area contributed by atoms with E-state index in [0.717, 1.165) is 33.1 Å². The maximum atomic E-state index is 14.6. The lowest BCUT2D eigenvalue weighted by Gasteiger charge is -2.34. The highest BCUT2D eigenvalue weighted by molar-refractivity contribution is 7.92. The third-order valence-corrected chi connectivity index (χ3v) is 9.41. The van der Waals surface area contributed by atoms with Gasteiger partial charge in [-0.05, 0) is 73.9 Å². The lowest BCUT2D eigenvalue weighted by atomic mass is 10.0. The van der Waals surface area contributed by atoms with Gasteiger partial charge in [0.1, 0.15) is 18.4 Å². The number of carbonyl (C=O) groups excluding carboxylic acids is 2. The first-order chi connectivity index (χ1) is 22.4. The Morgan fingerprint density at radius 3 is 2.11 bits per heavy atom. The lowest BCUT2D eigenvalue weighted by Crippen LogP contribution is -2.54. The Morgan fingerprint density at radius 1 is 0.851 bits per heavy atom. The van der Waals surface area contributed by atoms with Crippen LogP contribution in [0.3, 0.4) is 0 Å². The number of ether oxygens (including phenoxy) is 2. The summed E-state index contributed by atoms with van der Waals surface area (Å²) in [5.74, 6) is -1.07. The predicted octanol–water partition coefficient (Wildman–Crippen LogP) is 5.51. The van der Waals surface area contributed by atoms with Crippen LogP contribution in [-0.2, 0) is 32.6 Å². The number of nitrogens with zero attached hydrogens (tertiary/aromatic N) is 2. The lowest BCUT2D eigenvalue weighted by molar-refractivity contribution is -0.140. The largest absolute Gasteiger partial charge is 0.493 e. The van der Waals surface area contributed by atoms with Gasteiger partial charge in [0.25, 0.3) is 10.0 Å². The van der Waals surface area contributed by atoms with E-state index in [1.165, 1.54) is 49.5 Å². The summed E-state index contributed by atoms with van der Waals surface area (Å²) in [6.45, 7) is 4.94. The van der Waals surface area contributed by atoms with Gasteiger partial charge in [0, 0.05) is 25.1 Å². The number of aryl methyl sites for hydroxylation is 1. The number of nitrogens with one attached hydrogen (secondary N) is 1. The molecule has 0 aromatic heterocycles. The van der Waals surface area contributed by atoms with Crippen molar-refractivity contribution in [3.8, 4) is 11.5 Å². The normalized spacial score (nSPS) is 11.9. The van der Waals surface area contributed by atoms with Crippen LogP contribution in [0.5, 0.6) is 11.5 Å². The van der Waals surface area contributed by atoms with Crippen molar-refractivity contribution in [2.24, 2.45) is 0 Å². The summed E-state index contributed by atoms with van der Waals surface area (Å²) in [5.41, 5.74) is 2.60. The molecule has 248 valence electrons. The molecule has 0 fully saturated rings. The van der Waals surface area contributed by atoms with Crippen molar-refractivity contribution >= 4 is 27.5 Å². The Labute approximate surface area is 276 Å². The highest BCUT2D eigenvalue weighted by atomic mass is 32.2. The number of carbonyl (C=O) groups is 2. The number of benzene rings is 4. The third kappa shape index (κ3) is 8.68. The highest BCUT2D eigenvalue weighted by Crippen LogP contribution is 2.32. The van der Waals surface area contributed by atoms with Gasteiger partial charge in [-0.15, -0.1) is 0 Å². The van der Waals surface area contributed by atoms with Crippen LogP contribution in [0.2, 0.25) is 0 Å². The molecule has 0 saturated heterocycles. The van der Waals surface area contributed by atoms with Gasteiger partial charge < -0.3 is 19.7 Å². The van der Waals surface area contributed by atoms with Crippen LogP contribution < -0.4 is 19.1 Å². The van der Waals surface area contributed by atoms with Crippen LogP contribution in [0.4, 0.5) is 10.1 Å². The van der Waals surface area contributed by atoms with Crippen molar-refractivity contribution < 1.29 is 31.9 Å². The van der Waals surface area contributed by atoms with Crippen LogP contribution >= 0.6 is 0 Å². The standard InChI is InChI=1S/C36H40FN3O6S/c1-25(2)38-36(42)32(21-27-12-7-6-8-13-27)39(23-28-14-10-9-11-26(28)3)35(41)24-40(30-17-15-29(37)16-18-30)47(43,44)31-19-20-33(45-4)34(22-31)46-5/h6-20,22,25,32H,21,23-24H2,1-5H3,(H,38,42)/t32-/m0/s1. The van der Waals surface area contributed by atoms with Crippen LogP contribution in [0.1, 0.15) is 30.5 Å². The number of hydrogen-bond acceptors (Lipinski definition) is 6. The van der Waals surface area contributed by atoms with E-state index in [4.69, 9.17) is 9.47 Å². The molecule has 1 atom stereocenters. The predicted molar refractivity (Wildman–Crippen MR) is 179 cm³/mol. The van der Waals surface area contributed by atoms with Gasteiger partial charge in [-0.2, -0.15) is 0 Å². The summed E-state index contributed by atoms with van der Waals surface area (Å²) in [4.78, 5) is 29.6. The second-order valence-corrected chi connectivity index (χ2v) is 13.2. The molecule has 0 unspecified atom stereocenters. The topological polar surface area (TPSA) is 105 Å². The van der Waals surface area contributed by atoms with Gasteiger partial charge in [-0.25, -0.2) is 12.8 Å². The number of halogens is 1. The number of sulfonamides is 1. The molecular formula is C36H40FN3O6S. The molecule has 0 aliphatic carbocycles. The van der Waals surface area contributed by atoms with E-state index in [1.807, 2.05) is 75.4 Å². The Morgan fingerprint density at radius 2 is 1.49 bits per heavy atom. The number of anilines is 1. The smallest absolute Gasteiger partial charge is 0.264 e. The fraction of sp³-hybridized carbons (Fsp3) is 0.278. The first-order valence-electron chi connectivity index (χ1n) is 15.1. The van der Waals surface area contributed by atoms with E-state index in [-0.39, 0.29) is 41.2 Å². The quantitative estimate of drug-likeness (QED) is 0.191. The van der Waals surface area contributed by atoms with E-state index >= 15 is 0 Å². The van der Waals surface area contributed by atoms with Crippen molar-refractivity contribution in [1.82, 2.24) is 10.2 Å². The molecule has 1 N–H and O–H groups in total. The molecule has 11 heteroatoms. The molecule has 4 rings (SSSR count). The number of hydrogen-bond donors (Lipinski definition) is 1. The average molecular weight is 662 g/mol. The minimum Gasteiger partial charge on any atom is -0.493 e. The van der Waals surface area contributed by atoms with E-state index in [0.29, 0.717) is 5.75 Å². The summed E-state index contributed by atoms with van der Waals surface area (Å²) in [6, 6.07) is 24.5. The Kier molecular flexibility index (Phi) is 11.6. The molecule has 0 bridgehead atoms. The van der Waals surface area contributed by atoms with Gasteiger partial charge in [0.05, 0.1) is 24.8 Å². The summed E-state index contributed by atoms with van der Waals surface area (Å²) >= 11 is 0. The summed E-state index contributed by atoms with van der Waals surface area (Å²) < 4.78 is 54.1. The van der Waals surface area contributed by atoms with Crippen molar-refractivity contribution in [2.75, 3.05) is 25.1 Å². The average Bonchev–Trinajstić information content (AvgIpc) is 3.06. The number of amides is 2. The summed E-state index contributed by atoms with van der Waals surface area (Å²) in [5, 5.41) is 2.94. The molecule has 0 heterocycles. The van der Waals surface area contributed by atoms with Crippen molar-refractivity contribution in [3.05, 3.63) is 120 Å². The Bertz CT molecular complexity index is 1780. The molecule has 0 aliphatic heterocycles. The molecule has 47 heavy (non-hydrogen) atoms. The SMILES string of the molecule is COc1ccc(S(=O)(=O)N(CC(=O)N(Cc2ccccc2C)[C@@H](Cc2ccccc2)C(=O)NC(C)C)c2ccc(F)cc2)cc1OC.